The molecule has 25 heavy (non-hydrogen) atoms. The van der Waals surface area contributed by atoms with E-state index >= 15 is 0 Å². The van der Waals surface area contributed by atoms with Gasteiger partial charge >= 0.3 is 0 Å². The number of benzene rings is 2. The van der Waals surface area contributed by atoms with Crippen LogP contribution in [0.15, 0.2) is 42.5 Å². The number of para-hydroxylation sites is 2. The molecule has 1 aliphatic heterocycles. The normalized spacial score (nSPS) is 17.8. The molecule has 4 rings (SSSR count). The summed E-state index contributed by atoms with van der Waals surface area (Å²) in [5.41, 5.74) is 2.87. The number of H-pyrrole nitrogens is 1. The molecule has 128 valence electrons. The smallest absolute Gasteiger partial charge is 0.164 e. The van der Waals surface area contributed by atoms with Gasteiger partial charge in [-0.1, -0.05) is 18.2 Å². The molecule has 1 aromatic heterocycles. The molecule has 1 saturated heterocycles. The molecule has 1 unspecified atom stereocenters. The minimum absolute atomic E-state index is 0.188. The van der Waals surface area contributed by atoms with Crippen LogP contribution >= 0.6 is 0 Å². The first-order valence-electron chi connectivity index (χ1n) is 8.62. The number of carbonyl (C=O) groups excluding carboxylic acids is 1. The van der Waals surface area contributed by atoms with Gasteiger partial charge in [-0.05, 0) is 44.0 Å². The number of imidazole rings is 1. The summed E-state index contributed by atoms with van der Waals surface area (Å²) < 4.78 is 14.1. The van der Waals surface area contributed by atoms with E-state index in [4.69, 9.17) is 4.98 Å². The van der Waals surface area contributed by atoms with Crippen LogP contribution < -0.4 is 4.90 Å². The first-order chi connectivity index (χ1) is 12.1. The number of hydrogen-bond donors (Lipinski definition) is 1. The maximum Gasteiger partial charge on any atom is 0.164 e. The average Bonchev–Trinajstić information content (AvgIpc) is 3.05. The molecule has 3 aromatic rings. The summed E-state index contributed by atoms with van der Waals surface area (Å²) in [7, 11) is 0. The molecular weight excluding hydrogens is 317 g/mol. The molecular formula is C20H20FN3O. The minimum Gasteiger partial charge on any atom is -0.370 e. The summed E-state index contributed by atoms with van der Waals surface area (Å²) in [6.45, 7) is 2.96. The molecule has 2 heterocycles. The van der Waals surface area contributed by atoms with E-state index in [1.54, 1.807) is 6.07 Å². The Morgan fingerprint density at radius 3 is 2.88 bits per heavy atom. The number of piperidine rings is 1. The quantitative estimate of drug-likeness (QED) is 0.725. The highest BCUT2D eigenvalue weighted by Crippen LogP contribution is 2.32. The van der Waals surface area contributed by atoms with E-state index < -0.39 is 5.82 Å². The predicted molar refractivity (Wildman–Crippen MR) is 96.7 cm³/mol. The van der Waals surface area contributed by atoms with Gasteiger partial charge in [0.1, 0.15) is 11.6 Å². The maximum atomic E-state index is 14.1. The van der Waals surface area contributed by atoms with Crippen LogP contribution in [-0.4, -0.2) is 28.8 Å². The van der Waals surface area contributed by atoms with Crippen molar-refractivity contribution in [2.75, 3.05) is 18.0 Å². The number of halogens is 1. The second kappa shape index (κ2) is 6.31. The van der Waals surface area contributed by atoms with Crippen molar-refractivity contribution in [1.82, 2.24) is 9.97 Å². The van der Waals surface area contributed by atoms with Gasteiger partial charge in [-0.2, -0.15) is 0 Å². The van der Waals surface area contributed by atoms with Gasteiger partial charge in [-0.25, -0.2) is 9.37 Å². The molecule has 0 aliphatic carbocycles. The average molecular weight is 337 g/mol. The molecule has 0 spiro atoms. The largest absolute Gasteiger partial charge is 0.370 e. The van der Waals surface area contributed by atoms with Crippen molar-refractivity contribution in [2.24, 2.45) is 0 Å². The summed E-state index contributed by atoms with van der Waals surface area (Å²) >= 11 is 0. The van der Waals surface area contributed by atoms with Crippen molar-refractivity contribution in [1.29, 1.82) is 0 Å². The van der Waals surface area contributed by atoms with Crippen LogP contribution in [-0.2, 0) is 0 Å². The number of ketones is 1. The summed E-state index contributed by atoms with van der Waals surface area (Å²) in [6.07, 6.45) is 2.01. The van der Waals surface area contributed by atoms with Crippen molar-refractivity contribution in [3.05, 3.63) is 59.7 Å². The second-order valence-electron chi connectivity index (χ2n) is 6.61. The standard InChI is InChI=1S/C20H20FN3O/c1-13(25)19-15(21)7-4-10-18(19)24-11-5-6-14(12-24)20-22-16-8-2-3-9-17(16)23-20/h2-4,7-10,14H,5-6,11-12H2,1H3,(H,22,23). The van der Waals surface area contributed by atoms with Gasteiger partial charge in [-0.15, -0.1) is 0 Å². The Kier molecular flexibility index (Phi) is 3.99. The third kappa shape index (κ3) is 2.90. The van der Waals surface area contributed by atoms with E-state index in [1.165, 1.54) is 13.0 Å². The third-order valence-electron chi connectivity index (χ3n) is 4.90. The van der Waals surface area contributed by atoms with E-state index in [0.717, 1.165) is 42.8 Å². The van der Waals surface area contributed by atoms with Crippen molar-refractivity contribution in [3.8, 4) is 0 Å². The van der Waals surface area contributed by atoms with Crippen molar-refractivity contribution >= 4 is 22.5 Å². The fourth-order valence-electron chi connectivity index (χ4n) is 3.71. The minimum atomic E-state index is -0.448. The Bertz CT molecular complexity index is 901. The zero-order valence-electron chi connectivity index (χ0n) is 14.1. The fraction of sp³-hybridized carbons (Fsp3) is 0.300. The number of Topliss-reactive ketones (excluding diaryl/α,β-unsaturated/α-hetero) is 1. The molecule has 0 radical (unpaired) electrons. The molecule has 0 saturated carbocycles. The zero-order chi connectivity index (χ0) is 17.4. The molecule has 1 fully saturated rings. The summed E-state index contributed by atoms with van der Waals surface area (Å²) in [5, 5.41) is 0. The number of hydrogen-bond acceptors (Lipinski definition) is 3. The van der Waals surface area contributed by atoms with Crippen molar-refractivity contribution in [2.45, 2.75) is 25.7 Å². The number of aromatic nitrogens is 2. The van der Waals surface area contributed by atoms with E-state index in [9.17, 15) is 9.18 Å². The lowest BCUT2D eigenvalue weighted by molar-refractivity contribution is 0.101. The first-order valence-corrected chi connectivity index (χ1v) is 8.62. The number of nitrogens with one attached hydrogen (secondary N) is 1. The highest BCUT2D eigenvalue weighted by molar-refractivity contribution is 6.00. The molecule has 1 atom stereocenters. The molecule has 0 amide bonds. The molecule has 5 heteroatoms. The number of rotatable bonds is 3. The Morgan fingerprint density at radius 2 is 2.08 bits per heavy atom. The van der Waals surface area contributed by atoms with Crippen LogP contribution in [0.5, 0.6) is 0 Å². The summed E-state index contributed by atoms with van der Waals surface area (Å²) in [4.78, 5) is 22.1. The Balaban J connectivity index is 1.65. The van der Waals surface area contributed by atoms with Gasteiger partial charge in [0, 0.05) is 19.0 Å². The van der Waals surface area contributed by atoms with Gasteiger partial charge in [-0.3, -0.25) is 4.79 Å². The Morgan fingerprint density at radius 1 is 1.24 bits per heavy atom. The van der Waals surface area contributed by atoms with Gasteiger partial charge in [0.15, 0.2) is 5.78 Å². The number of carbonyl (C=O) groups is 1. The Labute approximate surface area is 145 Å². The topological polar surface area (TPSA) is 49.0 Å². The van der Waals surface area contributed by atoms with Gasteiger partial charge in [0.25, 0.3) is 0 Å². The van der Waals surface area contributed by atoms with Crippen LogP contribution in [0.2, 0.25) is 0 Å². The van der Waals surface area contributed by atoms with E-state index in [-0.39, 0.29) is 17.3 Å². The van der Waals surface area contributed by atoms with Crippen LogP contribution in [0.25, 0.3) is 11.0 Å². The highest BCUT2D eigenvalue weighted by Gasteiger charge is 2.27. The van der Waals surface area contributed by atoms with E-state index in [0.29, 0.717) is 5.69 Å². The second-order valence-corrected chi connectivity index (χ2v) is 6.61. The number of fused-ring (bicyclic) bond motifs is 1. The molecule has 1 aliphatic rings. The number of anilines is 1. The van der Waals surface area contributed by atoms with Crippen LogP contribution in [0.4, 0.5) is 10.1 Å². The SMILES string of the molecule is CC(=O)c1c(F)cccc1N1CCCC(c2nc3ccccc3[nH]2)C1. The third-order valence-corrected chi connectivity index (χ3v) is 4.90. The van der Waals surface area contributed by atoms with Gasteiger partial charge < -0.3 is 9.88 Å². The first kappa shape index (κ1) is 15.8. The van der Waals surface area contributed by atoms with Crippen LogP contribution in [0, 0.1) is 5.82 Å². The molecule has 4 nitrogen and oxygen atoms in total. The highest BCUT2D eigenvalue weighted by atomic mass is 19.1. The van der Waals surface area contributed by atoms with Gasteiger partial charge in [0.05, 0.1) is 22.3 Å². The lowest BCUT2D eigenvalue weighted by atomic mass is 9.95. The molecule has 1 N–H and O–H groups in total. The van der Waals surface area contributed by atoms with Crippen LogP contribution in [0.1, 0.15) is 41.9 Å². The van der Waals surface area contributed by atoms with Crippen LogP contribution in [0.3, 0.4) is 0 Å². The van der Waals surface area contributed by atoms with Crippen molar-refractivity contribution < 1.29 is 9.18 Å². The summed E-state index contributed by atoms with van der Waals surface area (Å²) in [5.74, 6) is 0.519. The summed E-state index contributed by atoms with van der Waals surface area (Å²) in [6, 6.07) is 12.8. The van der Waals surface area contributed by atoms with Crippen molar-refractivity contribution in [3.63, 3.8) is 0 Å². The van der Waals surface area contributed by atoms with Gasteiger partial charge in [0.2, 0.25) is 0 Å². The zero-order valence-corrected chi connectivity index (χ0v) is 14.1. The van der Waals surface area contributed by atoms with E-state index in [1.807, 2.05) is 30.3 Å². The number of aromatic amines is 1. The lowest BCUT2D eigenvalue weighted by Crippen LogP contribution is -2.35. The predicted octanol–water partition coefficient (Wildman–Crippen LogP) is 4.29. The lowest BCUT2D eigenvalue weighted by Gasteiger charge is -2.34. The fourth-order valence-corrected chi connectivity index (χ4v) is 3.71. The number of nitrogens with zero attached hydrogens (tertiary/aromatic N) is 2. The van der Waals surface area contributed by atoms with E-state index in [2.05, 4.69) is 9.88 Å². The maximum absolute atomic E-state index is 14.1. The monoisotopic (exact) mass is 337 g/mol. The molecule has 2 aromatic carbocycles. The Hall–Kier alpha value is -2.69. The molecule has 0 bridgehead atoms.